The summed E-state index contributed by atoms with van der Waals surface area (Å²) in [6, 6.07) is 8.17. The highest BCUT2D eigenvalue weighted by Crippen LogP contribution is 2.29. The number of likely N-dealkylation sites (tertiary alicyclic amines) is 1. The van der Waals surface area contributed by atoms with Crippen LogP contribution in [-0.2, 0) is 6.54 Å². The van der Waals surface area contributed by atoms with Gasteiger partial charge in [-0.05, 0) is 55.4 Å². The highest BCUT2D eigenvalue weighted by Gasteiger charge is 2.26. The van der Waals surface area contributed by atoms with Gasteiger partial charge in [-0.25, -0.2) is 4.79 Å². The monoisotopic (exact) mass is 361 g/mol. The fraction of sp³-hybridized carbons (Fsp3) is 0.526. The molecule has 0 aliphatic carbocycles. The first-order valence-corrected chi connectivity index (χ1v) is 9.80. The molecular weight excluding hydrogens is 334 g/mol. The van der Waals surface area contributed by atoms with Crippen molar-refractivity contribution < 1.29 is 9.21 Å². The number of rotatable bonds is 6. The topological polar surface area (TPSA) is 48.7 Å². The van der Waals surface area contributed by atoms with Gasteiger partial charge in [0.25, 0.3) is 0 Å². The minimum absolute atomic E-state index is 0.0664. The molecule has 1 unspecified atom stereocenters. The quantitative estimate of drug-likeness (QED) is 0.847. The molecule has 3 rings (SSSR count). The van der Waals surface area contributed by atoms with E-state index in [1.165, 1.54) is 17.7 Å². The van der Waals surface area contributed by atoms with E-state index in [9.17, 15) is 4.79 Å². The first kappa shape index (κ1) is 18.0. The normalized spacial score (nSPS) is 17.4. The fourth-order valence-electron chi connectivity index (χ4n) is 3.26. The molecule has 25 heavy (non-hydrogen) atoms. The number of hydrogen-bond acceptors (Lipinski definition) is 4. The summed E-state index contributed by atoms with van der Waals surface area (Å²) < 4.78 is 5.32. The maximum atomic E-state index is 12.4. The molecule has 1 aliphatic heterocycles. The molecule has 0 bridgehead atoms. The van der Waals surface area contributed by atoms with Gasteiger partial charge in [0.2, 0.25) is 0 Å². The van der Waals surface area contributed by atoms with Gasteiger partial charge >= 0.3 is 6.03 Å². The molecule has 1 aliphatic rings. The van der Waals surface area contributed by atoms with Gasteiger partial charge in [0.1, 0.15) is 5.76 Å². The standard InChI is InChI=1S/C19H27N3O2S/c1-15-7-9-22(10-8-15)17(18-6-4-12-25-18)13-20-19(23)21(2)14-16-5-3-11-24-16/h3-6,11-12,15,17H,7-10,13-14H2,1-2H3,(H,20,23). The predicted molar refractivity (Wildman–Crippen MR) is 101 cm³/mol. The number of nitrogens with zero attached hydrogens (tertiary/aromatic N) is 2. The van der Waals surface area contributed by atoms with Crippen LogP contribution in [0.2, 0.25) is 0 Å². The van der Waals surface area contributed by atoms with E-state index in [4.69, 9.17) is 4.42 Å². The molecule has 1 saturated heterocycles. The average Bonchev–Trinajstić information content (AvgIpc) is 3.30. The zero-order valence-corrected chi connectivity index (χ0v) is 15.8. The molecule has 0 radical (unpaired) electrons. The summed E-state index contributed by atoms with van der Waals surface area (Å²) in [5, 5.41) is 5.21. The zero-order chi connectivity index (χ0) is 17.6. The van der Waals surface area contributed by atoms with Crippen LogP contribution in [0.5, 0.6) is 0 Å². The third kappa shape index (κ3) is 4.86. The van der Waals surface area contributed by atoms with Crippen LogP contribution < -0.4 is 5.32 Å². The van der Waals surface area contributed by atoms with E-state index in [1.54, 1.807) is 29.5 Å². The highest BCUT2D eigenvalue weighted by atomic mass is 32.1. The van der Waals surface area contributed by atoms with Crippen molar-refractivity contribution in [2.45, 2.75) is 32.4 Å². The van der Waals surface area contributed by atoms with E-state index in [1.807, 2.05) is 12.1 Å². The zero-order valence-electron chi connectivity index (χ0n) is 15.0. The van der Waals surface area contributed by atoms with E-state index in [0.29, 0.717) is 13.1 Å². The lowest BCUT2D eigenvalue weighted by molar-refractivity contribution is 0.135. The lowest BCUT2D eigenvalue weighted by Crippen LogP contribution is -2.44. The first-order valence-electron chi connectivity index (χ1n) is 8.92. The van der Waals surface area contributed by atoms with Crippen molar-refractivity contribution in [3.63, 3.8) is 0 Å². The van der Waals surface area contributed by atoms with Gasteiger partial charge in [-0.15, -0.1) is 11.3 Å². The number of nitrogens with one attached hydrogen (secondary N) is 1. The van der Waals surface area contributed by atoms with Crippen molar-refractivity contribution in [2.75, 3.05) is 26.7 Å². The Morgan fingerprint density at radius 3 is 2.84 bits per heavy atom. The van der Waals surface area contributed by atoms with Gasteiger partial charge in [0, 0.05) is 18.5 Å². The van der Waals surface area contributed by atoms with Crippen molar-refractivity contribution in [2.24, 2.45) is 5.92 Å². The summed E-state index contributed by atoms with van der Waals surface area (Å²) >= 11 is 1.77. The third-order valence-corrected chi connectivity index (χ3v) is 5.87. The third-order valence-electron chi connectivity index (χ3n) is 4.90. The van der Waals surface area contributed by atoms with E-state index in [2.05, 4.69) is 34.7 Å². The summed E-state index contributed by atoms with van der Waals surface area (Å²) in [4.78, 5) is 17.9. The molecular formula is C19H27N3O2S. The fourth-order valence-corrected chi connectivity index (χ4v) is 4.12. The van der Waals surface area contributed by atoms with Crippen LogP contribution in [0.1, 0.15) is 36.4 Å². The summed E-state index contributed by atoms with van der Waals surface area (Å²) in [6.07, 6.45) is 4.09. The Hall–Kier alpha value is -1.79. The minimum Gasteiger partial charge on any atom is -0.467 e. The molecule has 0 aromatic carbocycles. The first-order chi connectivity index (χ1) is 12.1. The van der Waals surface area contributed by atoms with Crippen molar-refractivity contribution >= 4 is 17.4 Å². The number of piperidine rings is 1. The molecule has 1 fully saturated rings. The summed E-state index contributed by atoms with van der Waals surface area (Å²) in [5.41, 5.74) is 0. The molecule has 0 saturated carbocycles. The number of amides is 2. The van der Waals surface area contributed by atoms with Crippen molar-refractivity contribution in [1.29, 1.82) is 0 Å². The van der Waals surface area contributed by atoms with Crippen LogP contribution in [0.4, 0.5) is 4.79 Å². The van der Waals surface area contributed by atoms with Crippen LogP contribution in [0.25, 0.3) is 0 Å². The van der Waals surface area contributed by atoms with Gasteiger partial charge < -0.3 is 14.6 Å². The van der Waals surface area contributed by atoms with Crippen molar-refractivity contribution in [3.05, 3.63) is 46.5 Å². The summed E-state index contributed by atoms with van der Waals surface area (Å²) in [7, 11) is 1.79. The van der Waals surface area contributed by atoms with Crippen LogP contribution in [0, 0.1) is 5.92 Å². The van der Waals surface area contributed by atoms with Crippen LogP contribution in [-0.4, -0.2) is 42.5 Å². The minimum atomic E-state index is -0.0664. The smallest absolute Gasteiger partial charge is 0.317 e. The SMILES string of the molecule is CC1CCN(C(CNC(=O)N(C)Cc2ccco2)c2cccs2)CC1. The molecule has 5 nitrogen and oxygen atoms in total. The molecule has 2 aromatic rings. The van der Waals surface area contributed by atoms with Crippen LogP contribution in [0.3, 0.4) is 0 Å². The second-order valence-electron chi connectivity index (χ2n) is 6.87. The molecule has 3 heterocycles. The number of carbonyl (C=O) groups excluding carboxylic acids is 1. The number of furan rings is 1. The Balaban J connectivity index is 1.57. The number of carbonyl (C=O) groups is 1. The Morgan fingerprint density at radius 2 is 2.20 bits per heavy atom. The molecule has 2 amide bonds. The van der Waals surface area contributed by atoms with Gasteiger partial charge in [0.05, 0.1) is 18.8 Å². The Labute approximate surface area is 153 Å². The molecule has 136 valence electrons. The second-order valence-corrected chi connectivity index (χ2v) is 7.85. The van der Waals surface area contributed by atoms with Gasteiger partial charge in [-0.2, -0.15) is 0 Å². The maximum absolute atomic E-state index is 12.4. The lowest BCUT2D eigenvalue weighted by Gasteiger charge is -2.36. The molecule has 6 heteroatoms. The average molecular weight is 362 g/mol. The van der Waals surface area contributed by atoms with Gasteiger partial charge in [-0.3, -0.25) is 4.90 Å². The van der Waals surface area contributed by atoms with Crippen molar-refractivity contribution in [3.8, 4) is 0 Å². The lowest BCUT2D eigenvalue weighted by atomic mass is 9.97. The van der Waals surface area contributed by atoms with Crippen molar-refractivity contribution in [1.82, 2.24) is 15.1 Å². The summed E-state index contributed by atoms with van der Waals surface area (Å²) in [6.45, 7) is 5.63. The molecule has 2 aromatic heterocycles. The second kappa shape index (κ2) is 8.54. The number of hydrogen-bond donors (Lipinski definition) is 1. The highest BCUT2D eigenvalue weighted by molar-refractivity contribution is 7.10. The largest absolute Gasteiger partial charge is 0.467 e. The van der Waals surface area contributed by atoms with Crippen LogP contribution >= 0.6 is 11.3 Å². The van der Waals surface area contributed by atoms with Gasteiger partial charge in [-0.1, -0.05) is 13.0 Å². The Kier molecular flexibility index (Phi) is 6.15. The number of urea groups is 1. The maximum Gasteiger partial charge on any atom is 0.317 e. The predicted octanol–water partition coefficient (Wildman–Crippen LogP) is 3.96. The van der Waals surface area contributed by atoms with E-state index >= 15 is 0 Å². The molecule has 1 atom stereocenters. The Bertz CT molecular complexity index is 634. The van der Waals surface area contributed by atoms with E-state index < -0.39 is 0 Å². The van der Waals surface area contributed by atoms with Gasteiger partial charge in [0.15, 0.2) is 0 Å². The summed E-state index contributed by atoms with van der Waals surface area (Å²) in [5.74, 6) is 1.59. The number of thiophene rings is 1. The molecule has 0 spiro atoms. The molecule has 1 N–H and O–H groups in total. The van der Waals surface area contributed by atoms with Crippen LogP contribution in [0.15, 0.2) is 40.3 Å². The van der Waals surface area contributed by atoms with E-state index in [-0.39, 0.29) is 12.1 Å². The van der Waals surface area contributed by atoms with E-state index in [0.717, 1.165) is 24.8 Å². The Morgan fingerprint density at radius 1 is 1.40 bits per heavy atom.